The molecule has 2 amide bonds. The molecule has 146 valence electrons. The fourth-order valence-electron chi connectivity index (χ4n) is 3.89. The van der Waals surface area contributed by atoms with Gasteiger partial charge in [0.2, 0.25) is 5.95 Å². The molecule has 2 aliphatic rings. The lowest BCUT2D eigenvalue weighted by molar-refractivity contribution is 0.254. The highest BCUT2D eigenvalue weighted by Crippen LogP contribution is 2.40. The molecule has 9 heteroatoms. The van der Waals surface area contributed by atoms with Crippen LogP contribution < -0.4 is 15.1 Å². The van der Waals surface area contributed by atoms with Crippen molar-refractivity contribution in [2.45, 2.75) is 19.4 Å². The molecule has 29 heavy (non-hydrogen) atoms. The van der Waals surface area contributed by atoms with Crippen molar-refractivity contribution >= 4 is 35.1 Å². The molecule has 5 rings (SSSR count). The summed E-state index contributed by atoms with van der Waals surface area (Å²) in [4.78, 5) is 34.4. The molecule has 8 nitrogen and oxygen atoms in total. The Labute approximate surface area is 172 Å². The Balaban J connectivity index is 1.53. The topological polar surface area (TPSA) is 87.1 Å². The number of hydrogen-bond acceptors (Lipinski definition) is 6. The number of carbonyl (C=O) groups excluding carboxylic acids is 1. The number of aromatic nitrogens is 4. The molecule has 2 aliphatic heterocycles. The predicted octanol–water partition coefficient (Wildman–Crippen LogP) is 3.53. The lowest BCUT2D eigenvalue weighted by Crippen LogP contribution is -2.48. The van der Waals surface area contributed by atoms with Crippen molar-refractivity contribution in [2.24, 2.45) is 0 Å². The van der Waals surface area contributed by atoms with E-state index >= 15 is 0 Å². The lowest BCUT2D eigenvalue weighted by atomic mass is 10.1. The number of anilines is 3. The molecule has 2 bridgehead atoms. The number of nitrogens with one attached hydrogen (secondary N) is 1. The van der Waals surface area contributed by atoms with Gasteiger partial charge < -0.3 is 4.90 Å². The Hall–Kier alpha value is -3.26. The van der Waals surface area contributed by atoms with E-state index in [1.807, 2.05) is 31.2 Å². The van der Waals surface area contributed by atoms with E-state index in [2.05, 4.69) is 25.2 Å². The largest absolute Gasteiger partial charge is 0.366 e. The zero-order valence-corrected chi connectivity index (χ0v) is 16.5. The average molecular weight is 408 g/mol. The van der Waals surface area contributed by atoms with Gasteiger partial charge in [-0.25, -0.2) is 19.7 Å². The van der Waals surface area contributed by atoms with E-state index in [0.717, 1.165) is 42.1 Å². The van der Waals surface area contributed by atoms with Gasteiger partial charge in [-0.2, -0.15) is 0 Å². The molecule has 1 fully saturated rings. The Morgan fingerprint density at radius 2 is 2.03 bits per heavy atom. The molecule has 3 aromatic heterocycles. The number of pyridine rings is 2. The van der Waals surface area contributed by atoms with Crippen LogP contribution in [0.1, 0.15) is 12.1 Å². The summed E-state index contributed by atoms with van der Waals surface area (Å²) in [5, 5.41) is 3.03. The smallest absolute Gasteiger partial charge is 0.330 e. The Kier molecular flexibility index (Phi) is 4.28. The minimum Gasteiger partial charge on any atom is -0.366 e. The molecule has 0 radical (unpaired) electrons. The third-order valence-electron chi connectivity index (χ3n) is 5.20. The van der Waals surface area contributed by atoms with Crippen LogP contribution in [-0.4, -0.2) is 45.1 Å². The molecular formula is C20H18ClN7O. The van der Waals surface area contributed by atoms with Gasteiger partial charge in [-0.3, -0.25) is 15.2 Å². The number of amides is 2. The van der Waals surface area contributed by atoms with Gasteiger partial charge in [-0.15, -0.1) is 0 Å². The summed E-state index contributed by atoms with van der Waals surface area (Å²) in [7, 11) is 0. The number of rotatable bonds is 2. The standard InChI is InChI=1S/C20H18ClN7O/c1-12-10-13(4-7-22-12)15-2-3-16-18(24-15)28(14-6-9-27(16)11-14)20(29)26-19-23-8-5-17(21)25-19/h2-5,7-8,10,14H,6,9,11H2,1H3,(H,23,25,26,29)/t14-/m0/s1. The van der Waals surface area contributed by atoms with E-state index in [-0.39, 0.29) is 23.2 Å². The molecule has 0 aliphatic carbocycles. The highest BCUT2D eigenvalue weighted by atomic mass is 35.5. The second-order valence-electron chi connectivity index (χ2n) is 7.12. The summed E-state index contributed by atoms with van der Waals surface area (Å²) in [5.41, 5.74) is 3.63. The van der Waals surface area contributed by atoms with Crippen molar-refractivity contribution in [1.82, 2.24) is 19.9 Å². The average Bonchev–Trinajstić information content (AvgIpc) is 3.12. The van der Waals surface area contributed by atoms with Crippen LogP contribution in [0.3, 0.4) is 0 Å². The maximum atomic E-state index is 13.2. The van der Waals surface area contributed by atoms with E-state index in [9.17, 15) is 4.79 Å². The number of hydrogen-bond donors (Lipinski definition) is 1. The molecule has 0 unspecified atom stereocenters. The first kappa shape index (κ1) is 17.8. The molecule has 0 spiro atoms. The lowest BCUT2D eigenvalue weighted by Gasteiger charge is -2.35. The zero-order valence-electron chi connectivity index (χ0n) is 15.7. The quantitative estimate of drug-likeness (QED) is 0.654. The van der Waals surface area contributed by atoms with E-state index in [1.54, 1.807) is 17.2 Å². The molecular weight excluding hydrogens is 390 g/mol. The van der Waals surface area contributed by atoms with Crippen LogP contribution in [0.5, 0.6) is 0 Å². The van der Waals surface area contributed by atoms with Crippen LogP contribution in [0.15, 0.2) is 42.7 Å². The van der Waals surface area contributed by atoms with Gasteiger partial charge in [-0.1, -0.05) is 11.6 Å². The minimum absolute atomic E-state index is 0.0450. The summed E-state index contributed by atoms with van der Waals surface area (Å²) in [5.74, 6) is 0.815. The molecule has 5 heterocycles. The molecule has 3 aromatic rings. The zero-order chi connectivity index (χ0) is 20.0. The van der Waals surface area contributed by atoms with Crippen LogP contribution >= 0.6 is 11.6 Å². The normalized spacial score (nSPS) is 17.2. The van der Waals surface area contributed by atoms with Gasteiger partial charge in [-0.05, 0) is 43.7 Å². The van der Waals surface area contributed by atoms with Crippen LogP contribution in [-0.2, 0) is 0 Å². The summed E-state index contributed by atoms with van der Waals surface area (Å²) in [6.07, 6.45) is 4.15. The van der Waals surface area contributed by atoms with Gasteiger partial charge in [0, 0.05) is 36.7 Å². The highest BCUT2D eigenvalue weighted by Gasteiger charge is 2.40. The minimum atomic E-state index is -0.310. The highest BCUT2D eigenvalue weighted by molar-refractivity contribution is 6.29. The number of fused-ring (bicyclic) bond motifs is 4. The second-order valence-corrected chi connectivity index (χ2v) is 7.50. The number of halogens is 1. The van der Waals surface area contributed by atoms with Gasteiger partial charge >= 0.3 is 6.03 Å². The first-order valence-corrected chi connectivity index (χ1v) is 9.74. The fourth-order valence-corrected chi connectivity index (χ4v) is 4.03. The Bertz CT molecular complexity index is 1110. The predicted molar refractivity (Wildman–Crippen MR) is 111 cm³/mol. The van der Waals surface area contributed by atoms with Crippen molar-refractivity contribution < 1.29 is 4.79 Å². The number of nitrogens with zero attached hydrogens (tertiary/aromatic N) is 6. The van der Waals surface area contributed by atoms with Crippen molar-refractivity contribution in [3.05, 3.63) is 53.6 Å². The van der Waals surface area contributed by atoms with Gasteiger partial charge in [0.25, 0.3) is 0 Å². The fraction of sp³-hybridized carbons (Fsp3) is 0.250. The maximum Gasteiger partial charge on any atom is 0.330 e. The van der Waals surface area contributed by atoms with E-state index < -0.39 is 0 Å². The van der Waals surface area contributed by atoms with E-state index in [0.29, 0.717) is 5.82 Å². The van der Waals surface area contributed by atoms with Gasteiger partial charge in [0.1, 0.15) is 5.15 Å². The van der Waals surface area contributed by atoms with E-state index in [1.165, 1.54) is 6.20 Å². The SMILES string of the molecule is Cc1cc(-c2ccc3c(n2)N(C(=O)Nc2nccc(Cl)n2)[C@H]2CCN3C2)ccn1. The Morgan fingerprint density at radius 1 is 1.17 bits per heavy atom. The van der Waals surface area contributed by atoms with Crippen LogP contribution in [0.25, 0.3) is 11.3 Å². The first-order valence-electron chi connectivity index (χ1n) is 9.36. The van der Waals surface area contributed by atoms with Crippen molar-refractivity contribution in [1.29, 1.82) is 0 Å². The molecule has 1 atom stereocenters. The monoisotopic (exact) mass is 407 g/mol. The third kappa shape index (κ3) is 3.25. The van der Waals surface area contributed by atoms with Crippen LogP contribution in [0, 0.1) is 6.92 Å². The van der Waals surface area contributed by atoms with Gasteiger partial charge in [0.05, 0.1) is 17.4 Å². The van der Waals surface area contributed by atoms with Crippen molar-refractivity contribution in [2.75, 3.05) is 28.2 Å². The summed E-state index contributed by atoms with van der Waals surface area (Å²) < 4.78 is 0. The summed E-state index contributed by atoms with van der Waals surface area (Å²) in [6, 6.07) is 9.22. The number of aryl methyl sites for hydroxylation is 1. The van der Waals surface area contributed by atoms with Gasteiger partial charge in [0.15, 0.2) is 5.82 Å². The molecule has 1 saturated heterocycles. The van der Waals surface area contributed by atoms with Crippen molar-refractivity contribution in [3.8, 4) is 11.3 Å². The van der Waals surface area contributed by atoms with Crippen molar-refractivity contribution in [3.63, 3.8) is 0 Å². The first-order chi connectivity index (χ1) is 14.1. The van der Waals surface area contributed by atoms with Crippen LogP contribution in [0.4, 0.5) is 22.2 Å². The second kappa shape index (κ2) is 6.97. The molecule has 0 aromatic carbocycles. The summed E-state index contributed by atoms with van der Waals surface area (Å²) >= 11 is 5.92. The molecule has 0 saturated carbocycles. The maximum absolute atomic E-state index is 13.2. The Morgan fingerprint density at radius 3 is 2.86 bits per heavy atom. The third-order valence-corrected chi connectivity index (χ3v) is 5.41. The number of carbonyl (C=O) groups is 1. The number of urea groups is 1. The molecule has 1 N–H and O–H groups in total. The summed E-state index contributed by atoms with van der Waals surface area (Å²) in [6.45, 7) is 3.62. The van der Waals surface area contributed by atoms with E-state index in [4.69, 9.17) is 16.6 Å². The van der Waals surface area contributed by atoms with Crippen LogP contribution in [0.2, 0.25) is 5.15 Å².